The highest BCUT2D eigenvalue weighted by atomic mass is 32.1. The number of aromatic nitrogens is 1. The molecule has 3 rings (SSSR count). The van der Waals surface area contributed by atoms with E-state index in [1.165, 1.54) is 0 Å². The van der Waals surface area contributed by atoms with Crippen molar-refractivity contribution in [2.45, 2.75) is 0 Å². The van der Waals surface area contributed by atoms with Crippen molar-refractivity contribution >= 4 is 27.2 Å². The lowest BCUT2D eigenvalue weighted by Gasteiger charge is -2.11. The van der Waals surface area contributed by atoms with E-state index >= 15 is 0 Å². The average Bonchev–Trinajstić information content (AvgIpc) is 2.97. The van der Waals surface area contributed by atoms with Crippen LogP contribution in [0.2, 0.25) is 0 Å². The topological polar surface area (TPSA) is 66.6 Å². The first-order chi connectivity index (χ1) is 10.7. The Balaban J connectivity index is 2.22. The van der Waals surface area contributed by atoms with E-state index < -0.39 is 0 Å². The van der Waals surface area contributed by atoms with Gasteiger partial charge in [-0.3, -0.25) is 0 Å². The van der Waals surface area contributed by atoms with Crippen LogP contribution < -0.4 is 19.9 Å². The molecule has 0 aliphatic heterocycles. The van der Waals surface area contributed by atoms with Gasteiger partial charge in [0.25, 0.3) is 0 Å². The first-order valence-corrected chi connectivity index (χ1v) is 7.45. The molecule has 0 saturated heterocycles. The molecule has 0 fully saturated rings. The molecule has 2 aromatic carbocycles. The molecule has 0 bridgehead atoms. The summed E-state index contributed by atoms with van der Waals surface area (Å²) in [6.07, 6.45) is 0. The normalized spacial score (nSPS) is 10.7. The van der Waals surface area contributed by atoms with Crippen LogP contribution in [0.3, 0.4) is 0 Å². The smallest absolute Gasteiger partial charge is 0.204 e. The summed E-state index contributed by atoms with van der Waals surface area (Å²) < 4.78 is 17.2. The lowest BCUT2D eigenvalue weighted by atomic mass is 10.2. The Bertz CT molecular complexity index is 812. The van der Waals surface area contributed by atoms with Crippen molar-refractivity contribution < 1.29 is 14.2 Å². The molecule has 0 amide bonds. The Morgan fingerprint density at radius 3 is 2.23 bits per heavy atom. The zero-order valence-corrected chi connectivity index (χ0v) is 13.4. The number of fused-ring (bicyclic) bond motifs is 1. The zero-order valence-electron chi connectivity index (χ0n) is 12.5. The Labute approximate surface area is 132 Å². The molecular weight excluding hydrogens is 300 g/mol. The molecule has 1 heterocycles. The van der Waals surface area contributed by atoms with Crippen LogP contribution in [0.25, 0.3) is 20.8 Å². The maximum atomic E-state index is 5.73. The molecule has 0 aliphatic rings. The van der Waals surface area contributed by atoms with Gasteiger partial charge in [0, 0.05) is 17.3 Å². The van der Waals surface area contributed by atoms with Crippen molar-refractivity contribution in [3.63, 3.8) is 0 Å². The number of ether oxygens (including phenoxy) is 3. The van der Waals surface area contributed by atoms with E-state index in [0.717, 1.165) is 26.5 Å². The molecule has 6 heteroatoms. The van der Waals surface area contributed by atoms with Crippen LogP contribution in [-0.2, 0) is 0 Å². The summed E-state index contributed by atoms with van der Waals surface area (Å²) in [5.74, 6) is 1.81. The lowest BCUT2D eigenvalue weighted by molar-refractivity contribution is 0.327. The van der Waals surface area contributed by atoms with Crippen LogP contribution in [0.5, 0.6) is 17.2 Å². The second-order valence-corrected chi connectivity index (χ2v) is 5.63. The quantitative estimate of drug-likeness (QED) is 0.745. The number of rotatable bonds is 4. The summed E-state index contributed by atoms with van der Waals surface area (Å²) in [5.41, 5.74) is 8.28. The lowest BCUT2D eigenvalue weighted by Crippen LogP contribution is -1.94. The predicted molar refractivity (Wildman–Crippen MR) is 89.1 cm³/mol. The highest BCUT2D eigenvalue weighted by Gasteiger charge is 2.19. The fourth-order valence-electron chi connectivity index (χ4n) is 2.28. The molecule has 0 aliphatic carbocycles. The largest absolute Gasteiger partial charge is 0.493 e. The predicted octanol–water partition coefficient (Wildman–Crippen LogP) is 3.57. The number of nitrogens with zero attached hydrogens (tertiary/aromatic N) is 1. The Kier molecular flexibility index (Phi) is 3.77. The minimum Gasteiger partial charge on any atom is -0.493 e. The zero-order chi connectivity index (χ0) is 15.7. The van der Waals surface area contributed by atoms with Crippen LogP contribution >= 0.6 is 11.3 Å². The second-order valence-electron chi connectivity index (χ2n) is 4.63. The molecule has 0 unspecified atom stereocenters. The number of nitrogens with two attached hydrogens (primary N) is 1. The van der Waals surface area contributed by atoms with Gasteiger partial charge in [0.15, 0.2) is 11.5 Å². The summed E-state index contributed by atoms with van der Waals surface area (Å²) in [5, 5.41) is 0.892. The van der Waals surface area contributed by atoms with Crippen LogP contribution in [0, 0.1) is 0 Å². The van der Waals surface area contributed by atoms with Gasteiger partial charge in [-0.05, 0) is 24.3 Å². The van der Waals surface area contributed by atoms with E-state index in [9.17, 15) is 0 Å². The van der Waals surface area contributed by atoms with Crippen LogP contribution in [-0.4, -0.2) is 26.3 Å². The Morgan fingerprint density at radius 1 is 0.955 bits per heavy atom. The van der Waals surface area contributed by atoms with Crippen molar-refractivity contribution in [3.8, 4) is 27.8 Å². The minimum absolute atomic E-state index is 0.574. The van der Waals surface area contributed by atoms with E-state index in [4.69, 9.17) is 19.9 Å². The molecule has 5 nitrogen and oxygen atoms in total. The molecule has 0 radical (unpaired) electrons. The van der Waals surface area contributed by atoms with Crippen molar-refractivity contribution in [2.24, 2.45) is 0 Å². The van der Waals surface area contributed by atoms with Crippen molar-refractivity contribution in [1.29, 1.82) is 0 Å². The van der Waals surface area contributed by atoms with Crippen LogP contribution in [0.15, 0.2) is 30.3 Å². The number of methoxy groups -OCH3 is 3. The highest BCUT2D eigenvalue weighted by molar-refractivity contribution is 7.22. The van der Waals surface area contributed by atoms with Crippen LogP contribution in [0.4, 0.5) is 5.69 Å². The van der Waals surface area contributed by atoms with E-state index in [0.29, 0.717) is 17.2 Å². The van der Waals surface area contributed by atoms with Gasteiger partial charge in [0.05, 0.1) is 26.8 Å². The summed E-state index contributed by atoms with van der Waals surface area (Å²) in [6, 6.07) is 9.48. The molecule has 22 heavy (non-hydrogen) atoms. The average molecular weight is 316 g/mol. The van der Waals surface area contributed by atoms with Gasteiger partial charge in [0.1, 0.15) is 9.71 Å². The Hall–Kier alpha value is -2.47. The Morgan fingerprint density at radius 2 is 1.64 bits per heavy atom. The van der Waals surface area contributed by atoms with E-state index in [1.807, 2.05) is 30.3 Å². The minimum atomic E-state index is 0.574. The number of hydrogen-bond acceptors (Lipinski definition) is 6. The van der Waals surface area contributed by atoms with Crippen molar-refractivity contribution in [2.75, 3.05) is 27.1 Å². The number of anilines is 1. The summed E-state index contributed by atoms with van der Waals surface area (Å²) in [6.45, 7) is 0. The number of hydrogen-bond donors (Lipinski definition) is 1. The number of thiazole rings is 1. The van der Waals surface area contributed by atoms with Gasteiger partial charge in [0.2, 0.25) is 5.75 Å². The monoisotopic (exact) mass is 316 g/mol. The van der Waals surface area contributed by atoms with E-state index in [1.54, 1.807) is 32.7 Å². The van der Waals surface area contributed by atoms with Gasteiger partial charge >= 0.3 is 0 Å². The number of benzene rings is 2. The fourth-order valence-corrected chi connectivity index (χ4v) is 3.35. The van der Waals surface area contributed by atoms with E-state index in [-0.39, 0.29) is 0 Å². The van der Waals surface area contributed by atoms with Gasteiger partial charge in [-0.15, -0.1) is 11.3 Å². The molecule has 2 N–H and O–H groups in total. The molecule has 114 valence electrons. The highest BCUT2D eigenvalue weighted by Crippen LogP contribution is 2.46. The molecular formula is C16H16N2O3S. The van der Waals surface area contributed by atoms with E-state index in [2.05, 4.69) is 4.98 Å². The maximum Gasteiger partial charge on any atom is 0.204 e. The van der Waals surface area contributed by atoms with Gasteiger partial charge in [-0.25, -0.2) is 4.98 Å². The first-order valence-electron chi connectivity index (χ1n) is 6.63. The maximum absolute atomic E-state index is 5.73. The third-order valence-electron chi connectivity index (χ3n) is 3.34. The first kappa shape index (κ1) is 14.5. The second kappa shape index (κ2) is 5.73. The van der Waals surface area contributed by atoms with Gasteiger partial charge < -0.3 is 19.9 Å². The van der Waals surface area contributed by atoms with Crippen LogP contribution in [0.1, 0.15) is 0 Å². The number of nitrogen functional groups attached to an aromatic ring is 1. The standard InChI is InChI=1S/C16H16N2O3S/c1-19-12-8-11-15(14(21-3)13(12)20-2)22-16(18-11)9-4-6-10(17)7-5-9/h4-8H,17H2,1-3H3. The molecule has 3 aromatic rings. The third-order valence-corrected chi connectivity index (χ3v) is 4.46. The summed E-state index contributed by atoms with van der Waals surface area (Å²) >= 11 is 1.54. The molecule has 0 atom stereocenters. The van der Waals surface area contributed by atoms with Crippen molar-refractivity contribution in [1.82, 2.24) is 4.98 Å². The summed E-state index contributed by atoms with van der Waals surface area (Å²) in [4.78, 5) is 4.67. The van der Waals surface area contributed by atoms with Gasteiger partial charge in [-0.1, -0.05) is 0 Å². The van der Waals surface area contributed by atoms with Gasteiger partial charge in [-0.2, -0.15) is 0 Å². The SMILES string of the molecule is COc1cc2nc(-c3ccc(N)cc3)sc2c(OC)c1OC. The molecule has 0 spiro atoms. The summed E-state index contributed by atoms with van der Waals surface area (Å²) in [7, 11) is 4.80. The third kappa shape index (κ3) is 2.31. The fraction of sp³-hybridized carbons (Fsp3) is 0.188. The van der Waals surface area contributed by atoms with Crippen molar-refractivity contribution in [3.05, 3.63) is 30.3 Å². The molecule has 1 aromatic heterocycles. The molecule has 0 saturated carbocycles.